The van der Waals surface area contributed by atoms with E-state index in [9.17, 15) is 33.6 Å². The number of ether oxygens (including phenoxy) is 1. The smallest absolute Gasteiger partial charge is 0.255 e. The predicted molar refractivity (Wildman–Crippen MR) is 285 cm³/mol. The number of pyridine rings is 2. The van der Waals surface area contributed by atoms with E-state index in [1.165, 1.54) is 6.20 Å². The van der Waals surface area contributed by atoms with E-state index < -0.39 is 35.0 Å². The molecule has 3 aromatic heterocycles. The Kier molecular flexibility index (Phi) is 15.6. The molecule has 10 rings (SSSR count). The molecule has 404 valence electrons. The molecule has 2 N–H and O–H groups in total. The highest BCUT2D eigenvalue weighted by molar-refractivity contribution is 6.03. The highest BCUT2D eigenvalue weighted by Gasteiger charge is 2.44. The van der Waals surface area contributed by atoms with Crippen molar-refractivity contribution in [2.75, 3.05) is 75.3 Å². The van der Waals surface area contributed by atoms with E-state index in [0.717, 1.165) is 98.0 Å². The van der Waals surface area contributed by atoms with Gasteiger partial charge in [-0.15, -0.1) is 0 Å². The van der Waals surface area contributed by atoms with Crippen molar-refractivity contribution in [3.05, 3.63) is 107 Å². The third-order valence-electron chi connectivity index (χ3n) is 17.1. The maximum Gasteiger partial charge on any atom is 0.255 e. The van der Waals surface area contributed by atoms with Gasteiger partial charge in [0.05, 0.1) is 41.2 Å². The Morgan fingerprint density at radius 1 is 0.883 bits per heavy atom. The molecule has 5 aliphatic rings. The van der Waals surface area contributed by atoms with Gasteiger partial charge in [0.2, 0.25) is 18.2 Å². The molecule has 17 nitrogen and oxygen atoms in total. The van der Waals surface area contributed by atoms with Crippen LogP contribution in [0.3, 0.4) is 0 Å². The van der Waals surface area contributed by atoms with Gasteiger partial charge in [-0.1, -0.05) is 19.4 Å². The summed E-state index contributed by atoms with van der Waals surface area (Å²) in [5.41, 5.74) is 4.19. The van der Waals surface area contributed by atoms with Crippen molar-refractivity contribution in [2.24, 2.45) is 11.3 Å². The Labute approximate surface area is 447 Å². The van der Waals surface area contributed by atoms with Gasteiger partial charge in [0, 0.05) is 87.4 Å². The van der Waals surface area contributed by atoms with Crippen molar-refractivity contribution in [1.82, 2.24) is 39.9 Å². The zero-order valence-corrected chi connectivity index (χ0v) is 43.9. The molecular weight excluding hydrogens is 985 g/mol. The van der Waals surface area contributed by atoms with Gasteiger partial charge in [0.1, 0.15) is 35.3 Å². The summed E-state index contributed by atoms with van der Waals surface area (Å²) in [6, 6.07) is 16.1. The number of nitrogens with one attached hydrogen (secondary N) is 2. The minimum atomic E-state index is -0.772. The second-order valence-electron chi connectivity index (χ2n) is 21.7. The second kappa shape index (κ2) is 22.6. The molecule has 4 aliphatic heterocycles. The van der Waals surface area contributed by atoms with Crippen molar-refractivity contribution in [3.8, 4) is 22.9 Å². The number of carbonyl (C=O) groups is 5. The first-order valence-electron chi connectivity index (χ1n) is 27.3. The van der Waals surface area contributed by atoms with Crippen molar-refractivity contribution >= 4 is 47.1 Å². The highest BCUT2D eigenvalue weighted by atomic mass is 19.1. The minimum absolute atomic E-state index is 0.190. The molecule has 4 fully saturated rings. The van der Waals surface area contributed by atoms with Crippen LogP contribution >= 0.6 is 0 Å². The van der Waals surface area contributed by atoms with E-state index in [2.05, 4.69) is 36.5 Å². The highest BCUT2D eigenvalue weighted by Crippen LogP contribution is 2.48. The molecule has 1 aliphatic carbocycles. The van der Waals surface area contributed by atoms with E-state index in [4.69, 9.17) is 9.72 Å². The van der Waals surface area contributed by atoms with Crippen LogP contribution in [0.1, 0.15) is 116 Å². The molecule has 7 heterocycles. The number of hydrogen-bond donors (Lipinski definition) is 2. The van der Waals surface area contributed by atoms with Crippen LogP contribution in [0, 0.1) is 34.3 Å². The fourth-order valence-electron chi connectivity index (χ4n) is 12.7. The van der Waals surface area contributed by atoms with E-state index >= 15 is 4.39 Å². The van der Waals surface area contributed by atoms with Gasteiger partial charge in [0.25, 0.3) is 11.8 Å². The summed E-state index contributed by atoms with van der Waals surface area (Å²) >= 11 is 0. The number of fused-ring (bicyclic) bond motifs is 2. The molecule has 5 aromatic rings. The molecule has 1 atom stereocenters. The molecule has 0 radical (unpaired) electrons. The van der Waals surface area contributed by atoms with Gasteiger partial charge >= 0.3 is 0 Å². The number of nitriles is 1. The molecule has 19 heteroatoms. The Morgan fingerprint density at radius 2 is 1.65 bits per heavy atom. The average molecular weight is 1050 g/mol. The molecule has 2 aromatic carbocycles. The molecule has 1 spiro atoms. The molecular formula is C58H67F2N11O6. The van der Waals surface area contributed by atoms with Gasteiger partial charge in [0.15, 0.2) is 0 Å². The first-order valence-corrected chi connectivity index (χ1v) is 27.3. The number of amides is 5. The van der Waals surface area contributed by atoms with E-state index in [1.807, 2.05) is 55.1 Å². The van der Waals surface area contributed by atoms with Gasteiger partial charge in [-0.3, -0.25) is 29.3 Å². The number of nitrogens with zero attached hydrogens (tertiary/aromatic N) is 9. The number of rotatable bonds is 16. The summed E-state index contributed by atoms with van der Waals surface area (Å²) in [5.74, 6) is -0.871. The normalized spacial score (nSPS) is 19.0. The van der Waals surface area contributed by atoms with E-state index in [0.29, 0.717) is 126 Å². The number of likely N-dealkylation sites (tertiary alicyclic amines) is 1. The lowest BCUT2D eigenvalue weighted by atomic mass is 9.65. The van der Waals surface area contributed by atoms with Crippen LogP contribution in [0.2, 0.25) is 0 Å². The lowest BCUT2D eigenvalue weighted by molar-refractivity contribution is -0.133. The average Bonchev–Trinajstić information content (AvgIpc) is 4.04. The summed E-state index contributed by atoms with van der Waals surface area (Å²) in [5, 5.41) is 19.6. The quantitative estimate of drug-likeness (QED) is 0.0954. The minimum Gasteiger partial charge on any atom is -0.492 e. The first-order chi connectivity index (χ1) is 37.3. The standard InChI is InChI=1S/C58H67F2N11O6/c1-3-5-50(55(75)63-38-72)70-35-41-6-9-44(30-47(41)56(70)76)67-24-26-69(27-25-67)52(73)28-39-12-14-57(15-13-39)16-20-66(21-17-57)37-58(65-54(74)48-29-43(59)8-10-49(48)60)18-22-68(23-19-58)51-11-7-40(33-62-51)46-31-45(77-4-2)36-71-53(46)42(32-61)34-64-71/h6-11,29-31,33-34,36,38-39,50H,3-5,12-28,35,37H2,1-2H3,(H,65,74)(H,63,72,75). The Hall–Kier alpha value is -7.46. The van der Waals surface area contributed by atoms with Crippen LogP contribution in [0.5, 0.6) is 5.75 Å². The fraction of sp³-hybridized carbons (Fsp3) is 0.483. The number of aromatic nitrogens is 3. The first kappa shape index (κ1) is 53.0. The molecule has 1 saturated carbocycles. The van der Waals surface area contributed by atoms with Crippen molar-refractivity contribution < 1.29 is 37.5 Å². The zero-order chi connectivity index (χ0) is 53.8. The monoisotopic (exact) mass is 1050 g/mol. The van der Waals surface area contributed by atoms with Crippen molar-refractivity contribution in [1.29, 1.82) is 5.26 Å². The van der Waals surface area contributed by atoms with Gasteiger partial charge < -0.3 is 34.6 Å². The number of piperidine rings is 2. The summed E-state index contributed by atoms with van der Waals surface area (Å²) < 4.78 is 36.8. The number of piperazine rings is 1. The predicted octanol–water partition coefficient (Wildman–Crippen LogP) is 7.12. The van der Waals surface area contributed by atoms with Crippen molar-refractivity contribution in [3.63, 3.8) is 0 Å². The van der Waals surface area contributed by atoms with Crippen LogP contribution in [0.4, 0.5) is 20.3 Å². The topological polar surface area (TPSA) is 189 Å². The lowest BCUT2D eigenvalue weighted by Gasteiger charge is -2.50. The fourth-order valence-corrected chi connectivity index (χ4v) is 12.7. The molecule has 1 unspecified atom stereocenters. The zero-order valence-electron chi connectivity index (χ0n) is 43.9. The van der Waals surface area contributed by atoms with Crippen LogP contribution in [0.25, 0.3) is 16.6 Å². The summed E-state index contributed by atoms with van der Waals surface area (Å²) in [7, 11) is 0. The largest absolute Gasteiger partial charge is 0.492 e. The molecule has 77 heavy (non-hydrogen) atoms. The molecule has 5 amide bonds. The summed E-state index contributed by atoms with van der Waals surface area (Å²) in [4.78, 5) is 80.0. The van der Waals surface area contributed by atoms with Crippen LogP contribution in [0.15, 0.2) is 73.2 Å². The maximum absolute atomic E-state index is 15.0. The number of imide groups is 1. The van der Waals surface area contributed by atoms with Gasteiger partial charge in [-0.25, -0.2) is 18.3 Å². The Morgan fingerprint density at radius 3 is 2.34 bits per heavy atom. The van der Waals surface area contributed by atoms with Crippen LogP contribution in [-0.4, -0.2) is 136 Å². The Bertz CT molecular complexity index is 3050. The van der Waals surface area contributed by atoms with Crippen LogP contribution in [-0.2, 0) is 20.9 Å². The maximum atomic E-state index is 15.0. The summed E-state index contributed by atoms with van der Waals surface area (Å²) in [6.07, 6.45) is 14.4. The van der Waals surface area contributed by atoms with Gasteiger partial charge in [-0.05, 0) is 143 Å². The number of halogens is 2. The van der Waals surface area contributed by atoms with Crippen LogP contribution < -0.4 is 25.2 Å². The molecule has 0 bridgehead atoms. The number of hydrogen-bond acceptors (Lipinski definition) is 12. The van der Waals surface area contributed by atoms with Gasteiger partial charge in [-0.2, -0.15) is 10.4 Å². The SMILES string of the molecule is CCCC(C(=O)NC=O)N1Cc2ccc(N3CCN(C(=O)CC4CCC5(CC4)CCN(CC4(NC(=O)c6cc(F)ccc6F)CCN(c6ccc(-c7cc(OCC)cn8ncc(C#N)c78)cn6)CC4)CC5)CC3)cc2C1=O. The molecule has 3 saturated heterocycles. The Balaban J connectivity index is 0.722. The second-order valence-corrected chi connectivity index (χ2v) is 21.7. The third kappa shape index (κ3) is 11.2. The van der Waals surface area contributed by atoms with E-state index in [-0.39, 0.29) is 22.8 Å². The van der Waals surface area contributed by atoms with E-state index in [1.54, 1.807) is 21.8 Å². The third-order valence-corrected chi connectivity index (χ3v) is 17.1. The van der Waals surface area contributed by atoms with Crippen molar-refractivity contribution in [2.45, 2.75) is 103 Å². The number of benzene rings is 2. The summed E-state index contributed by atoms with van der Waals surface area (Å²) in [6.45, 7) is 10.5. The number of carbonyl (C=O) groups excluding carboxylic acids is 5. The lowest BCUT2D eigenvalue weighted by Crippen LogP contribution is -2.61. The number of anilines is 2.